The van der Waals surface area contributed by atoms with Crippen molar-refractivity contribution in [2.75, 3.05) is 26.1 Å². The monoisotopic (exact) mass is 193 g/mol. The number of hydrogen-bond acceptors (Lipinski definition) is 3. The zero-order valence-corrected chi connectivity index (χ0v) is 7.62. The van der Waals surface area contributed by atoms with Crippen molar-refractivity contribution in [3.63, 3.8) is 0 Å². The first-order chi connectivity index (χ1) is 5.69. The quantitative estimate of drug-likeness (QED) is 0.599. The lowest BCUT2D eigenvalue weighted by Crippen LogP contribution is -2.30. The van der Waals surface area contributed by atoms with Gasteiger partial charge in [0.25, 0.3) is 0 Å². The van der Waals surface area contributed by atoms with Crippen LogP contribution in [0.2, 0.25) is 0 Å². The SMILES string of the molecule is CO[C@@H]1CN(C(=O)CCl)C[C@@H]1O. The Bertz CT molecular complexity index is 176. The molecule has 4 nitrogen and oxygen atoms in total. The highest BCUT2D eigenvalue weighted by molar-refractivity contribution is 6.27. The Balaban J connectivity index is 2.48. The molecule has 0 aromatic carbocycles. The van der Waals surface area contributed by atoms with E-state index in [0.717, 1.165) is 0 Å². The number of ether oxygens (including phenoxy) is 1. The summed E-state index contributed by atoms with van der Waals surface area (Å²) >= 11 is 5.36. The van der Waals surface area contributed by atoms with Crippen LogP contribution in [0.3, 0.4) is 0 Å². The van der Waals surface area contributed by atoms with Gasteiger partial charge in [0.15, 0.2) is 0 Å². The van der Waals surface area contributed by atoms with Crippen molar-refractivity contribution in [3.05, 3.63) is 0 Å². The van der Waals surface area contributed by atoms with E-state index in [1.165, 1.54) is 12.0 Å². The number of halogens is 1. The molecule has 1 aliphatic heterocycles. The Morgan fingerprint density at radius 2 is 2.42 bits per heavy atom. The van der Waals surface area contributed by atoms with Gasteiger partial charge < -0.3 is 14.7 Å². The highest BCUT2D eigenvalue weighted by atomic mass is 35.5. The molecule has 0 unspecified atom stereocenters. The lowest BCUT2D eigenvalue weighted by molar-refractivity contribution is -0.128. The van der Waals surface area contributed by atoms with Gasteiger partial charge >= 0.3 is 0 Å². The van der Waals surface area contributed by atoms with Crippen LogP contribution in [0.25, 0.3) is 0 Å². The number of β-amino-alcohol motifs (C(OH)–C–C–N with tert-alkyl or cyclic N) is 1. The summed E-state index contributed by atoms with van der Waals surface area (Å²) in [7, 11) is 1.52. The minimum Gasteiger partial charge on any atom is -0.388 e. The molecule has 1 heterocycles. The van der Waals surface area contributed by atoms with E-state index in [0.29, 0.717) is 13.1 Å². The lowest BCUT2D eigenvalue weighted by Gasteiger charge is -2.13. The fourth-order valence-corrected chi connectivity index (χ4v) is 1.45. The van der Waals surface area contributed by atoms with E-state index in [1.54, 1.807) is 0 Å². The van der Waals surface area contributed by atoms with Crippen molar-refractivity contribution in [1.29, 1.82) is 0 Å². The Labute approximate surface area is 76.1 Å². The fraction of sp³-hybridized carbons (Fsp3) is 0.857. The summed E-state index contributed by atoms with van der Waals surface area (Å²) in [4.78, 5) is 12.6. The van der Waals surface area contributed by atoms with Gasteiger partial charge in [0.05, 0.1) is 6.10 Å². The van der Waals surface area contributed by atoms with Crippen LogP contribution in [0.4, 0.5) is 0 Å². The van der Waals surface area contributed by atoms with Crippen LogP contribution in [-0.2, 0) is 9.53 Å². The van der Waals surface area contributed by atoms with E-state index in [4.69, 9.17) is 16.3 Å². The Morgan fingerprint density at radius 1 is 1.75 bits per heavy atom. The molecule has 1 fully saturated rings. The van der Waals surface area contributed by atoms with Crippen molar-refractivity contribution < 1.29 is 14.6 Å². The molecule has 0 radical (unpaired) electrons. The first-order valence-electron chi connectivity index (χ1n) is 3.73. The Kier molecular flexibility index (Phi) is 3.31. The second-order valence-electron chi connectivity index (χ2n) is 2.77. The number of aliphatic hydroxyl groups excluding tert-OH is 1. The molecule has 0 aliphatic carbocycles. The van der Waals surface area contributed by atoms with Crippen molar-refractivity contribution >= 4 is 17.5 Å². The van der Waals surface area contributed by atoms with Crippen LogP contribution in [0.5, 0.6) is 0 Å². The molecule has 12 heavy (non-hydrogen) atoms. The number of likely N-dealkylation sites (tertiary alicyclic amines) is 1. The summed E-state index contributed by atoms with van der Waals surface area (Å²) in [5.41, 5.74) is 0. The van der Waals surface area contributed by atoms with Gasteiger partial charge in [0.1, 0.15) is 12.0 Å². The maximum atomic E-state index is 11.0. The van der Waals surface area contributed by atoms with Crippen LogP contribution < -0.4 is 0 Å². The average molecular weight is 194 g/mol. The Morgan fingerprint density at radius 3 is 2.83 bits per heavy atom. The van der Waals surface area contributed by atoms with Gasteiger partial charge in [-0.25, -0.2) is 0 Å². The molecule has 5 heteroatoms. The van der Waals surface area contributed by atoms with E-state index >= 15 is 0 Å². The largest absolute Gasteiger partial charge is 0.388 e. The van der Waals surface area contributed by atoms with Crippen LogP contribution in [0.15, 0.2) is 0 Å². The zero-order chi connectivity index (χ0) is 9.14. The van der Waals surface area contributed by atoms with Crippen molar-refractivity contribution in [3.8, 4) is 0 Å². The third-order valence-corrected chi connectivity index (χ3v) is 2.24. The molecule has 1 saturated heterocycles. The molecule has 0 aromatic rings. The molecule has 1 aliphatic rings. The zero-order valence-electron chi connectivity index (χ0n) is 6.86. The fourth-order valence-electron chi connectivity index (χ4n) is 1.28. The van der Waals surface area contributed by atoms with Crippen molar-refractivity contribution in [2.24, 2.45) is 0 Å². The predicted octanol–water partition coefficient (Wildman–Crippen LogP) is -0.557. The molecule has 1 N–H and O–H groups in total. The van der Waals surface area contributed by atoms with Crippen LogP contribution in [0, 0.1) is 0 Å². The van der Waals surface area contributed by atoms with Gasteiger partial charge in [-0.3, -0.25) is 4.79 Å². The number of alkyl halides is 1. The topological polar surface area (TPSA) is 49.8 Å². The van der Waals surface area contributed by atoms with Crippen LogP contribution in [-0.4, -0.2) is 54.2 Å². The number of methoxy groups -OCH3 is 1. The highest BCUT2D eigenvalue weighted by Gasteiger charge is 2.33. The van der Waals surface area contributed by atoms with Gasteiger partial charge in [-0.2, -0.15) is 0 Å². The maximum absolute atomic E-state index is 11.0. The van der Waals surface area contributed by atoms with E-state index in [1.807, 2.05) is 0 Å². The normalized spacial score (nSPS) is 29.4. The van der Waals surface area contributed by atoms with Gasteiger partial charge in [-0.1, -0.05) is 0 Å². The summed E-state index contributed by atoms with van der Waals surface area (Å²) in [6.45, 7) is 0.757. The van der Waals surface area contributed by atoms with Gasteiger partial charge in [-0.15, -0.1) is 11.6 Å². The average Bonchev–Trinajstić information content (AvgIpc) is 2.45. The van der Waals surface area contributed by atoms with Crippen molar-refractivity contribution in [1.82, 2.24) is 4.90 Å². The second kappa shape index (κ2) is 4.07. The van der Waals surface area contributed by atoms with E-state index in [2.05, 4.69) is 0 Å². The standard InChI is InChI=1S/C7H12ClNO3/c1-12-6-4-9(3-5(6)10)7(11)2-8/h5-6,10H,2-4H2,1H3/t5-,6+/m0/s1. The van der Waals surface area contributed by atoms with E-state index in [9.17, 15) is 9.90 Å². The number of nitrogens with zero attached hydrogens (tertiary/aromatic N) is 1. The van der Waals surface area contributed by atoms with E-state index in [-0.39, 0.29) is 17.9 Å². The molecule has 0 bridgehead atoms. The third-order valence-electron chi connectivity index (χ3n) is 2.01. The summed E-state index contributed by atoms with van der Waals surface area (Å²) in [6.07, 6.45) is -0.848. The first-order valence-corrected chi connectivity index (χ1v) is 4.27. The predicted molar refractivity (Wildman–Crippen MR) is 44.1 cm³/mol. The summed E-state index contributed by atoms with van der Waals surface area (Å²) < 4.78 is 4.96. The summed E-state index contributed by atoms with van der Waals surface area (Å²) in [6, 6.07) is 0. The molecule has 0 aromatic heterocycles. The number of carbonyl (C=O) groups excluding carboxylic acids is 1. The van der Waals surface area contributed by atoms with Crippen molar-refractivity contribution in [2.45, 2.75) is 12.2 Å². The van der Waals surface area contributed by atoms with Gasteiger partial charge in [0.2, 0.25) is 5.91 Å². The smallest absolute Gasteiger partial charge is 0.237 e. The first kappa shape index (κ1) is 9.77. The van der Waals surface area contributed by atoms with Crippen LogP contribution in [0.1, 0.15) is 0 Å². The highest BCUT2D eigenvalue weighted by Crippen LogP contribution is 2.12. The molecule has 0 spiro atoms. The van der Waals surface area contributed by atoms with Gasteiger partial charge in [0, 0.05) is 20.2 Å². The van der Waals surface area contributed by atoms with Crippen LogP contribution >= 0.6 is 11.6 Å². The van der Waals surface area contributed by atoms with Gasteiger partial charge in [-0.05, 0) is 0 Å². The minimum absolute atomic E-state index is 0.0385. The molecule has 1 rings (SSSR count). The van der Waals surface area contributed by atoms with E-state index < -0.39 is 6.10 Å². The molecule has 0 saturated carbocycles. The molecule has 1 amide bonds. The minimum atomic E-state index is -0.581. The molecular weight excluding hydrogens is 182 g/mol. The third kappa shape index (κ3) is 1.88. The Hall–Kier alpha value is -0.320. The number of carbonyl (C=O) groups is 1. The molecular formula is C7H12ClNO3. The summed E-state index contributed by atoms with van der Waals surface area (Å²) in [5.74, 6) is -0.196. The molecule has 70 valence electrons. The number of hydrogen-bond donors (Lipinski definition) is 1. The number of aliphatic hydroxyl groups is 1. The lowest BCUT2D eigenvalue weighted by atomic mass is 10.3. The number of rotatable bonds is 2. The number of amides is 1. The second-order valence-corrected chi connectivity index (χ2v) is 3.04. The molecule has 2 atom stereocenters. The maximum Gasteiger partial charge on any atom is 0.237 e. The summed E-state index contributed by atoms with van der Waals surface area (Å²) in [5, 5.41) is 9.34.